The van der Waals surface area contributed by atoms with E-state index in [1.807, 2.05) is 19.0 Å². The molecule has 1 atom stereocenters. The predicted molar refractivity (Wildman–Crippen MR) is 198 cm³/mol. The molecule has 0 fully saturated rings. The normalized spacial score (nSPS) is 13.0. The second kappa shape index (κ2) is 36.8. The molecule has 0 aliphatic rings. The second-order valence-corrected chi connectivity index (χ2v) is 13.0. The highest BCUT2D eigenvalue weighted by Crippen LogP contribution is 2.11. The molecule has 1 unspecified atom stereocenters. The molecule has 0 rings (SSSR count). The van der Waals surface area contributed by atoms with Crippen molar-refractivity contribution in [3.63, 3.8) is 0 Å². The summed E-state index contributed by atoms with van der Waals surface area (Å²) < 4.78 is 11.6. The Morgan fingerprint density at radius 3 is 1.31 bits per heavy atom. The summed E-state index contributed by atoms with van der Waals surface area (Å²) in [6.07, 6.45) is 47.3. The van der Waals surface area contributed by atoms with Crippen LogP contribution in [0.1, 0.15) is 168 Å². The molecule has 0 radical (unpaired) electrons. The van der Waals surface area contributed by atoms with E-state index in [4.69, 9.17) is 9.47 Å². The van der Waals surface area contributed by atoms with Crippen LogP contribution in [0.5, 0.6) is 0 Å². The summed E-state index contributed by atoms with van der Waals surface area (Å²) in [5.41, 5.74) is 0. The first-order valence-electron chi connectivity index (χ1n) is 19.1. The topological polar surface area (TPSA) is 38.8 Å². The predicted octanol–water partition coefficient (Wildman–Crippen LogP) is 12.1. The first-order valence-corrected chi connectivity index (χ1v) is 19.1. The smallest absolute Gasteiger partial charge is 0.336 e. The lowest BCUT2D eigenvalue weighted by Gasteiger charge is -2.20. The van der Waals surface area contributed by atoms with Crippen LogP contribution in [0.4, 0.5) is 0 Å². The first kappa shape index (κ1) is 43.4. The number of hydrogen-bond acceptors (Lipinski definition) is 4. The number of unbranched alkanes of at least 4 members (excludes halogenated alkanes) is 18. The van der Waals surface area contributed by atoms with Gasteiger partial charge in [0.15, 0.2) is 6.10 Å². The van der Waals surface area contributed by atoms with Crippen molar-refractivity contribution >= 4 is 5.97 Å². The van der Waals surface area contributed by atoms with Crippen LogP contribution in [0.3, 0.4) is 0 Å². The van der Waals surface area contributed by atoms with Gasteiger partial charge >= 0.3 is 5.97 Å². The molecular weight excluding hydrogens is 554 g/mol. The number of hydrogen-bond donors (Lipinski definition) is 0. The van der Waals surface area contributed by atoms with E-state index in [-0.39, 0.29) is 5.97 Å². The van der Waals surface area contributed by atoms with Gasteiger partial charge in [0.2, 0.25) is 0 Å². The third-order valence-corrected chi connectivity index (χ3v) is 8.05. The highest BCUT2D eigenvalue weighted by molar-refractivity contribution is 5.75. The number of allylic oxidation sites excluding steroid dienone is 8. The lowest BCUT2D eigenvalue weighted by molar-refractivity contribution is -0.158. The van der Waals surface area contributed by atoms with Gasteiger partial charge in [-0.25, -0.2) is 4.79 Å². The van der Waals surface area contributed by atoms with E-state index in [1.54, 1.807) is 0 Å². The standard InChI is InChI=1S/C41H75NO3/c1-5-7-9-11-13-15-17-19-21-23-25-27-29-31-33-35-37-44-40(39-42(3)4)41(43)45-38-36-34-32-30-28-26-24-22-20-18-16-14-12-10-8-6-2/h13-16,19-22,40H,5-12,17-18,23-39H2,1-4H3. The zero-order chi connectivity index (χ0) is 32.9. The van der Waals surface area contributed by atoms with E-state index in [1.165, 1.54) is 116 Å². The van der Waals surface area contributed by atoms with Crippen molar-refractivity contribution in [2.24, 2.45) is 0 Å². The molecule has 45 heavy (non-hydrogen) atoms. The fourth-order valence-corrected chi connectivity index (χ4v) is 5.20. The van der Waals surface area contributed by atoms with Crippen molar-refractivity contribution in [3.8, 4) is 0 Å². The van der Waals surface area contributed by atoms with Crippen LogP contribution in [-0.2, 0) is 14.3 Å². The number of likely N-dealkylation sites (N-methyl/N-ethyl adjacent to an activating group) is 1. The fourth-order valence-electron chi connectivity index (χ4n) is 5.20. The van der Waals surface area contributed by atoms with E-state index in [0.29, 0.717) is 19.8 Å². The molecule has 0 bridgehead atoms. The Balaban J connectivity index is 3.72. The monoisotopic (exact) mass is 630 g/mol. The van der Waals surface area contributed by atoms with Crippen LogP contribution >= 0.6 is 0 Å². The Bertz CT molecular complexity index is 724. The zero-order valence-electron chi connectivity index (χ0n) is 30.5. The van der Waals surface area contributed by atoms with Gasteiger partial charge < -0.3 is 14.4 Å². The van der Waals surface area contributed by atoms with Crippen LogP contribution < -0.4 is 0 Å². The van der Waals surface area contributed by atoms with Gasteiger partial charge in [-0.3, -0.25) is 0 Å². The minimum Gasteiger partial charge on any atom is -0.464 e. The number of nitrogens with zero attached hydrogens (tertiary/aromatic N) is 1. The van der Waals surface area contributed by atoms with Gasteiger partial charge in [0.1, 0.15) is 0 Å². The molecule has 0 aliphatic heterocycles. The van der Waals surface area contributed by atoms with Crippen molar-refractivity contribution in [2.75, 3.05) is 33.9 Å². The number of esters is 1. The SMILES string of the molecule is CCCCCC=CCC=CCCCCCCCCOC(=O)C(CN(C)C)OCCCCCCCCC=CCC=CCCCCC. The summed E-state index contributed by atoms with van der Waals surface area (Å²) in [4.78, 5) is 14.7. The van der Waals surface area contributed by atoms with Gasteiger partial charge in [-0.2, -0.15) is 0 Å². The van der Waals surface area contributed by atoms with Crippen molar-refractivity contribution in [1.82, 2.24) is 4.90 Å². The fraction of sp³-hybridized carbons (Fsp3) is 0.780. The van der Waals surface area contributed by atoms with Crippen LogP contribution in [0.15, 0.2) is 48.6 Å². The number of rotatable bonds is 34. The number of carbonyl (C=O) groups is 1. The van der Waals surface area contributed by atoms with Crippen molar-refractivity contribution in [2.45, 2.75) is 174 Å². The molecule has 0 aromatic heterocycles. The van der Waals surface area contributed by atoms with E-state index in [9.17, 15) is 4.79 Å². The molecule has 0 aromatic carbocycles. The van der Waals surface area contributed by atoms with Gasteiger partial charge in [0.05, 0.1) is 6.61 Å². The molecule has 262 valence electrons. The molecule has 0 N–H and O–H groups in total. The first-order chi connectivity index (χ1) is 22.1. The quantitative estimate of drug-likeness (QED) is 0.0403. The molecule has 0 heterocycles. The van der Waals surface area contributed by atoms with Crippen LogP contribution in [0, 0.1) is 0 Å². The van der Waals surface area contributed by atoms with Crippen LogP contribution in [0.2, 0.25) is 0 Å². The second-order valence-electron chi connectivity index (χ2n) is 13.0. The Morgan fingerprint density at radius 2 is 0.889 bits per heavy atom. The van der Waals surface area contributed by atoms with E-state index in [0.717, 1.165) is 38.5 Å². The van der Waals surface area contributed by atoms with Crippen molar-refractivity contribution in [1.29, 1.82) is 0 Å². The summed E-state index contributed by atoms with van der Waals surface area (Å²) in [7, 11) is 3.96. The maximum Gasteiger partial charge on any atom is 0.336 e. The Morgan fingerprint density at radius 1 is 0.511 bits per heavy atom. The summed E-state index contributed by atoms with van der Waals surface area (Å²) >= 11 is 0. The van der Waals surface area contributed by atoms with Crippen LogP contribution in [0.25, 0.3) is 0 Å². The Kier molecular flexibility index (Phi) is 35.5. The summed E-state index contributed by atoms with van der Waals surface area (Å²) in [6, 6.07) is 0. The average molecular weight is 630 g/mol. The van der Waals surface area contributed by atoms with E-state index < -0.39 is 6.10 Å². The Labute approximate surface area is 281 Å². The van der Waals surface area contributed by atoms with Gasteiger partial charge in [-0.15, -0.1) is 0 Å². The number of ether oxygens (including phenoxy) is 2. The molecular formula is C41H75NO3. The maximum absolute atomic E-state index is 12.6. The van der Waals surface area contributed by atoms with E-state index >= 15 is 0 Å². The minimum absolute atomic E-state index is 0.202. The summed E-state index contributed by atoms with van der Waals surface area (Å²) in [5, 5.41) is 0. The minimum atomic E-state index is -0.484. The molecule has 0 aromatic rings. The molecule has 4 nitrogen and oxygen atoms in total. The molecule has 0 amide bonds. The highest BCUT2D eigenvalue weighted by atomic mass is 16.6. The summed E-state index contributed by atoms with van der Waals surface area (Å²) in [6.45, 7) is 6.22. The molecule has 4 heteroatoms. The summed E-state index contributed by atoms with van der Waals surface area (Å²) in [5.74, 6) is -0.202. The van der Waals surface area contributed by atoms with Crippen molar-refractivity contribution < 1.29 is 14.3 Å². The molecule has 0 aliphatic carbocycles. The lowest BCUT2D eigenvalue weighted by Crippen LogP contribution is -2.36. The van der Waals surface area contributed by atoms with Crippen LogP contribution in [-0.4, -0.2) is 50.8 Å². The average Bonchev–Trinajstić information content (AvgIpc) is 3.03. The van der Waals surface area contributed by atoms with Gasteiger partial charge in [0.25, 0.3) is 0 Å². The third kappa shape index (κ3) is 35.1. The Hall–Kier alpha value is -1.65. The molecule has 0 spiro atoms. The van der Waals surface area contributed by atoms with Crippen molar-refractivity contribution in [3.05, 3.63) is 48.6 Å². The van der Waals surface area contributed by atoms with Gasteiger partial charge in [-0.05, 0) is 91.1 Å². The lowest BCUT2D eigenvalue weighted by atomic mass is 10.1. The number of carbonyl (C=O) groups excluding carboxylic acids is 1. The molecule has 0 saturated heterocycles. The molecule has 0 saturated carbocycles. The zero-order valence-corrected chi connectivity index (χ0v) is 30.5. The maximum atomic E-state index is 12.6. The highest BCUT2D eigenvalue weighted by Gasteiger charge is 2.21. The van der Waals surface area contributed by atoms with Gasteiger partial charge in [0, 0.05) is 13.2 Å². The largest absolute Gasteiger partial charge is 0.464 e. The third-order valence-electron chi connectivity index (χ3n) is 8.05. The van der Waals surface area contributed by atoms with Gasteiger partial charge in [-0.1, -0.05) is 140 Å². The van der Waals surface area contributed by atoms with E-state index in [2.05, 4.69) is 62.5 Å².